The Morgan fingerprint density at radius 2 is 1.82 bits per heavy atom. The van der Waals surface area contributed by atoms with Gasteiger partial charge in [-0.1, -0.05) is 13.8 Å². The molecule has 0 fully saturated rings. The summed E-state index contributed by atoms with van der Waals surface area (Å²) >= 11 is 1.14. The lowest BCUT2D eigenvalue weighted by molar-refractivity contribution is 0.285. The molecule has 0 aliphatic carbocycles. The predicted octanol–water partition coefficient (Wildman–Crippen LogP) is 2.05. The lowest BCUT2D eigenvalue weighted by Crippen LogP contribution is -2.32. The molecule has 0 aromatic carbocycles. The Labute approximate surface area is 107 Å². The molecule has 0 saturated carbocycles. The maximum atomic E-state index is 12.3. The fraction of sp³-hybridized carbons (Fsp3) is 0.636. The van der Waals surface area contributed by atoms with Gasteiger partial charge in [0.15, 0.2) is 0 Å². The number of aliphatic hydroxyl groups is 1. The SMILES string of the molecule is CCCN(CCC)S(=O)(=O)c1ccc(CO)s1. The fourth-order valence-electron chi connectivity index (χ4n) is 1.56. The molecule has 0 aliphatic heterocycles. The van der Waals surface area contributed by atoms with Crippen LogP contribution in [-0.4, -0.2) is 30.9 Å². The van der Waals surface area contributed by atoms with Crippen LogP contribution in [0.5, 0.6) is 0 Å². The molecule has 0 spiro atoms. The second-order valence-electron chi connectivity index (χ2n) is 3.78. The van der Waals surface area contributed by atoms with Gasteiger partial charge in [0.2, 0.25) is 0 Å². The molecule has 1 rings (SSSR count). The van der Waals surface area contributed by atoms with Crippen molar-refractivity contribution >= 4 is 21.4 Å². The minimum Gasteiger partial charge on any atom is -0.391 e. The van der Waals surface area contributed by atoms with Crippen molar-refractivity contribution in [3.05, 3.63) is 17.0 Å². The molecule has 0 radical (unpaired) electrons. The van der Waals surface area contributed by atoms with Gasteiger partial charge < -0.3 is 5.11 Å². The van der Waals surface area contributed by atoms with Crippen LogP contribution in [0, 0.1) is 0 Å². The molecule has 0 bridgehead atoms. The van der Waals surface area contributed by atoms with Crippen LogP contribution in [-0.2, 0) is 16.6 Å². The number of sulfonamides is 1. The van der Waals surface area contributed by atoms with Gasteiger partial charge in [-0.3, -0.25) is 0 Å². The van der Waals surface area contributed by atoms with Crippen LogP contribution in [0.2, 0.25) is 0 Å². The molecule has 4 nitrogen and oxygen atoms in total. The molecule has 0 atom stereocenters. The third-order valence-corrected chi connectivity index (χ3v) is 5.77. The molecule has 1 heterocycles. The Morgan fingerprint density at radius 1 is 1.24 bits per heavy atom. The first kappa shape index (κ1) is 14.6. The van der Waals surface area contributed by atoms with Crippen molar-refractivity contribution in [3.63, 3.8) is 0 Å². The van der Waals surface area contributed by atoms with Crippen LogP contribution in [0.4, 0.5) is 0 Å². The van der Waals surface area contributed by atoms with Gasteiger partial charge in [-0.05, 0) is 25.0 Å². The van der Waals surface area contributed by atoms with E-state index in [1.54, 1.807) is 12.1 Å². The Bertz CT molecular complexity index is 433. The monoisotopic (exact) mass is 277 g/mol. The summed E-state index contributed by atoms with van der Waals surface area (Å²) in [5.74, 6) is 0. The van der Waals surface area contributed by atoms with Crippen molar-refractivity contribution in [2.45, 2.75) is 37.5 Å². The molecule has 1 aromatic heterocycles. The van der Waals surface area contributed by atoms with E-state index in [2.05, 4.69) is 0 Å². The molecule has 6 heteroatoms. The lowest BCUT2D eigenvalue weighted by atomic mass is 10.4. The van der Waals surface area contributed by atoms with Gasteiger partial charge in [0.25, 0.3) is 10.0 Å². The summed E-state index contributed by atoms with van der Waals surface area (Å²) in [5, 5.41) is 8.96. The van der Waals surface area contributed by atoms with Crippen LogP contribution >= 0.6 is 11.3 Å². The van der Waals surface area contributed by atoms with Gasteiger partial charge in [-0.2, -0.15) is 4.31 Å². The average molecular weight is 277 g/mol. The number of aliphatic hydroxyl groups excluding tert-OH is 1. The Hall–Kier alpha value is -0.430. The van der Waals surface area contributed by atoms with Gasteiger partial charge in [0, 0.05) is 18.0 Å². The maximum Gasteiger partial charge on any atom is 0.252 e. The Morgan fingerprint density at radius 3 is 2.24 bits per heavy atom. The summed E-state index contributed by atoms with van der Waals surface area (Å²) in [5.41, 5.74) is 0. The zero-order valence-electron chi connectivity index (χ0n) is 10.2. The first-order valence-corrected chi connectivity index (χ1v) is 8.01. The number of thiophene rings is 1. The first-order valence-electron chi connectivity index (χ1n) is 5.76. The second-order valence-corrected chi connectivity index (χ2v) is 7.12. The van der Waals surface area contributed by atoms with Gasteiger partial charge in [0.05, 0.1) is 6.61 Å². The highest BCUT2D eigenvalue weighted by atomic mass is 32.2. The largest absolute Gasteiger partial charge is 0.391 e. The third kappa shape index (κ3) is 3.51. The number of hydrogen-bond donors (Lipinski definition) is 1. The van der Waals surface area contributed by atoms with E-state index in [0.717, 1.165) is 24.2 Å². The van der Waals surface area contributed by atoms with Crippen LogP contribution in [0.1, 0.15) is 31.6 Å². The highest BCUT2D eigenvalue weighted by Gasteiger charge is 2.24. The highest BCUT2D eigenvalue weighted by Crippen LogP contribution is 2.25. The van der Waals surface area contributed by atoms with E-state index < -0.39 is 10.0 Å². The van der Waals surface area contributed by atoms with E-state index in [1.165, 1.54) is 4.31 Å². The molecular formula is C11H19NO3S2. The number of nitrogens with zero attached hydrogens (tertiary/aromatic N) is 1. The minimum atomic E-state index is -3.37. The molecule has 0 unspecified atom stereocenters. The van der Waals surface area contributed by atoms with Gasteiger partial charge in [0.1, 0.15) is 4.21 Å². The minimum absolute atomic E-state index is 0.109. The van der Waals surface area contributed by atoms with Gasteiger partial charge >= 0.3 is 0 Å². The van der Waals surface area contributed by atoms with Gasteiger partial charge in [-0.15, -0.1) is 11.3 Å². The van der Waals surface area contributed by atoms with E-state index >= 15 is 0 Å². The summed E-state index contributed by atoms with van der Waals surface area (Å²) in [6.07, 6.45) is 1.61. The third-order valence-electron chi connectivity index (χ3n) is 2.33. The van der Waals surface area contributed by atoms with E-state index in [9.17, 15) is 8.42 Å². The van der Waals surface area contributed by atoms with Crippen molar-refractivity contribution < 1.29 is 13.5 Å². The predicted molar refractivity (Wildman–Crippen MR) is 69.6 cm³/mol. The summed E-state index contributed by atoms with van der Waals surface area (Å²) in [6.45, 7) is 4.91. The zero-order valence-corrected chi connectivity index (χ0v) is 11.9. The molecular weight excluding hydrogens is 258 g/mol. The Kier molecular flexibility index (Phi) is 5.58. The van der Waals surface area contributed by atoms with E-state index in [0.29, 0.717) is 22.2 Å². The van der Waals surface area contributed by atoms with E-state index in [4.69, 9.17) is 5.11 Å². The number of hydrogen-bond acceptors (Lipinski definition) is 4. The standard InChI is InChI=1S/C11H19NO3S2/c1-3-7-12(8-4-2)17(14,15)11-6-5-10(9-13)16-11/h5-6,13H,3-4,7-9H2,1-2H3. The summed E-state index contributed by atoms with van der Waals surface area (Å²) in [4.78, 5) is 0.677. The quantitative estimate of drug-likeness (QED) is 0.830. The van der Waals surface area contributed by atoms with Gasteiger partial charge in [-0.25, -0.2) is 8.42 Å². The van der Waals surface area contributed by atoms with Crippen LogP contribution in [0.3, 0.4) is 0 Å². The van der Waals surface area contributed by atoms with Crippen LogP contribution < -0.4 is 0 Å². The molecule has 17 heavy (non-hydrogen) atoms. The van der Waals surface area contributed by atoms with E-state index in [1.807, 2.05) is 13.8 Å². The van der Waals surface area contributed by atoms with Crippen molar-refractivity contribution in [3.8, 4) is 0 Å². The van der Waals surface area contributed by atoms with Crippen molar-refractivity contribution in [2.24, 2.45) is 0 Å². The molecule has 0 amide bonds. The molecule has 98 valence electrons. The Balaban J connectivity index is 2.98. The fourth-order valence-corrected chi connectivity index (χ4v) is 4.55. The topological polar surface area (TPSA) is 57.6 Å². The summed E-state index contributed by atoms with van der Waals surface area (Å²) in [7, 11) is -3.37. The highest BCUT2D eigenvalue weighted by molar-refractivity contribution is 7.91. The van der Waals surface area contributed by atoms with E-state index in [-0.39, 0.29) is 6.61 Å². The molecule has 1 N–H and O–H groups in total. The summed E-state index contributed by atoms with van der Waals surface area (Å²) in [6, 6.07) is 3.23. The van der Waals surface area contributed by atoms with Crippen LogP contribution in [0.15, 0.2) is 16.3 Å². The first-order chi connectivity index (χ1) is 8.06. The van der Waals surface area contributed by atoms with Crippen molar-refractivity contribution in [1.82, 2.24) is 4.31 Å². The maximum absolute atomic E-state index is 12.3. The smallest absolute Gasteiger partial charge is 0.252 e. The van der Waals surface area contributed by atoms with Crippen molar-refractivity contribution in [1.29, 1.82) is 0 Å². The second kappa shape index (κ2) is 6.49. The molecule has 1 aromatic rings. The van der Waals surface area contributed by atoms with Crippen molar-refractivity contribution in [2.75, 3.05) is 13.1 Å². The average Bonchev–Trinajstić information content (AvgIpc) is 2.78. The zero-order chi connectivity index (χ0) is 12.9. The number of rotatable bonds is 7. The summed E-state index contributed by atoms with van der Waals surface area (Å²) < 4.78 is 26.4. The lowest BCUT2D eigenvalue weighted by Gasteiger charge is -2.19. The van der Waals surface area contributed by atoms with Crippen LogP contribution in [0.25, 0.3) is 0 Å². The molecule has 0 saturated heterocycles. The normalized spacial score (nSPS) is 12.2. The molecule has 0 aliphatic rings.